The van der Waals surface area contributed by atoms with E-state index in [1.54, 1.807) is 32.2 Å². The Morgan fingerprint density at radius 1 is 1.16 bits per heavy atom. The predicted octanol–water partition coefficient (Wildman–Crippen LogP) is 1.20. The van der Waals surface area contributed by atoms with Crippen molar-refractivity contribution in [1.29, 1.82) is 0 Å². The highest BCUT2D eigenvalue weighted by atomic mass is 32.2. The van der Waals surface area contributed by atoms with Gasteiger partial charge in [0.1, 0.15) is 5.75 Å². The van der Waals surface area contributed by atoms with Gasteiger partial charge in [-0.1, -0.05) is 0 Å². The molecule has 0 radical (unpaired) electrons. The number of sulfonamides is 1. The minimum atomic E-state index is -3.50. The molecule has 8 nitrogen and oxygen atoms in total. The highest BCUT2D eigenvalue weighted by Crippen LogP contribution is 2.24. The first-order valence-corrected chi connectivity index (χ1v) is 9.50. The first kappa shape index (κ1) is 17.8. The Bertz CT molecular complexity index is 842. The second-order valence-corrected chi connectivity index (χ2v) is 7.96. The number of benzene rings is 1. The number of aromatic nitrogens is 2. The molecule has 9 heteroatoms. The predicted molar refractivity (Wildman–Crippen MR) is 90.8 cm³/mol. The Hall–Kier alpha value is -1.97. The molecule has 0 unspecified atom stereocenters. The van der Waals surface area contributed by atoms with Crippen molar-refractivity contribution in [3.8, 4) is 5.75 Å². The maximum Gasteiger partial charge on any atom is 0.243 e. The largest absolute Gasteiger partial charge is 0.496 e. The first-order chi connectivity index (χ1) is 11.9. The number of nitrogens with zero attached hydrogens (tertiary/aromatic N) is 4. The fourth-order valence-corrected chi connectivity index (χ4v) is 4.39. The zero-order valence-corrected chi connectivity index (χ0v) is 15.4. The molecule has 1 fully saturated rings. The van der Waals surface area contributed by atoms with Crippen molar-refractivity contribution in [3.63, 3.8) is 0 Å². The molecular weight excluding hydrogens is 344 g/mol. The summed E-state index contributed by atoms with van der Waals surface area (Å²) in [6.45, 7) is 6.23. The summed E-state index contributed by atoms with van der Waals surface area (Å²) in [5.74, 6) is 1.77. The van der Waals surface area contributed by atoms with Gasteiger partial charge in [0.15, 0.2) is 0 Å². The molecule has 0 amide bonds. The Morgan fingerprint density at radius 3 is 2.44 bits per heavy atom. The molecule has 1 aromatic heterocycles. The summed E-state index contributed by atoms with van der Waals surface area (Å²) in [6.07, 6.45) is 0. The van der Waals surface area contributed by atoms with Crippen molar-refractivity contribution < 1.29 is 17.6 Å². The average molecular weight is 366 g/mol. The summed E-state index contributed by atoms with van der Waals surface area (Å²) in [5, 5.41) is 7.79. The van der Waals surface area contributed by atoms with Gasteiger partial charge in [-0.25, -0.2) is 8.42 Å². The Morgan fingerprint density at radius 2 is 1.88 bits per heavy atom. The molecule has 136 valence electrons. The first-order valence-electron chi connectivity index (χ1n) is 8.06. The summed E-state index contributed by atoms with van der Waals surface area (Å²) in [4.78, 5) is 2.41. The molecular formula is C16H22N4O4S. The van der Waals surface area contributed by atoms with Crippen LogP contribution in [-0.4, -0.2) is 61.1 Å². The van der Waals surface area contributed by atoms with Crippen molar-refractivity contribution in [2.45, 2.75) is 25.3 Å². The van der Waals surface area contributed by atoms with E-state index in [1.165, 1.54) is 4.31 Å². The maximum atomic E-state index is 12.8. The van der Waals surface area contributed by atoms with Gasteiger partial charge in [0.2, 0.25) is 21.8 Å². The van der Waals surface area contributed by atoms with Crippen LogP contribution in [0.4, 0.5) is 0 Å². The molecule has 0 atom stereocenters. The summed E-state index contributed by atoms with van der Waals surface area (Å²) in [7, 11) is -1.93. The van der Waals surface area contributed by atoms with Crippen molar-refractivity contribution in [1.82, 2.24) is 19.4 Å². The third kappa shape index (κ3) is 3.83. The normalized spacial score (nSPS) is 16.9. The highest BCUT2D eigenvalue weighted by molar-refractivity contribution is 7.89. The average Bonchev–Trinajstić information content (AvgIpc) is 3.00. The van der Waals surface area contributed by atoms with Crippen molar-refractivity contribution in [3.05, 3.63) is 35.5 Å². The van der Waals surface area contributed by atoms with Crippen molar-refractivity contribution in [2.75, 3.05) is 33.3 Å². The van der Waals surface area contributed by atoms with Crippen LogP contribution in [0.3, 0.4) is 0 Å². The third-order valence-electron chi connectivity index (χ3n) is 4.26. The van der Waals surface area contributed by atoms with Crippen LogP contribution < -0.4 is 4.74 Å². The zero-order chi connectivity index (χ0) is 18.0. The van der Waals surface area contributed by atoms with E-state index in [2.05, 4.69) is 15.1 Å². The number of aryl methyl sites for hydroxylation is 2. The molecule has 1 saturated heterocycles. The fourth-order valence-electron chi connectivity index (χ4n) is 2.88. The van der Waals surface area contributed by atoms with Crippen LogP contribution in [0.1, 0.15) is 17.3 Å². The van der Waals surface area contributed by atoms with Crippen molar-refractivity contribution in [2.24, 2.45) is 0 Å². The topological polar surface area (TPSA) is 88.8 Å². The smallest absolute Gasteiger partial charge is 0.243 e. The molecule has 2 aromatic rings. The van der Waals surface area contributed by atoms with E-state index in [-0.39, 0.29) is 0 Å². The molecule has 0 bridgehead atoms. The molecule has 25 heavy (non-hydrogen) atoms. The van der Waals surface area contributed by atoms with Gasteiger partial charge < -0.3 is 9.15 Å². The zero-order valence-electron chi connectivity index (χ0n) is 14.6. The summed E-state index contributed by atoms with van der Waals surface area (Å²) < 4.78 is 37.8. The van der Waals surface area contributed by atoms with E-state index in [9.17, 15) is 8.42 Å². The molecule has 0 spiro atoms. The van der Waals surface area contributed by atoms with Crippen LogP contribution >= 0.6 is 0 Å². The molecule has 1 aliphatic heterocycles. The Kier molecular flexibility index (Phi) is 5.07. The molecule has 1 aliphatic rings. The number of rotatable bonds is 5. The van der Waals surface area contributed by atoms with Gasteiger partial charge in [0.05, 0.1) is 18.6 Å². The molecule has 2 heterocycles. The lowest BCUT2D eigenvalue weighted by Crippen LogP contribution is -2.48. The number of piperazine rings is 1. The molecule has 1 aromatic carbocycles. The number of hydrogen-bond donors (Lipinski definition) is 0. The molecule has 0 saturated carbocycles. The van der Waals surface area contributed by atoms with Gasteiger partial charge in [-0.3, -0.25) is 4.90 Å². The van der Waals surface area contributed by atoms with Crippen LogP contribution in [0, 0.1) is 13.8 Å². The highest BCUT2D eigenvalue weighted by Gasteiger charge is 2.29. The monoisotopic (exact) mass is 366 g/mol. The van der Waals surface area contributed by atoms with E-state index in [4.69, 9.17) is 9.15 Å². The SMILES string of the molecule is COc1ccc(S(=O)(=O)N2CCN(Cc3nnc(C)o3)CC2)cc1C. The number of ether oxygens (including phenoxy) is 1. The number of hydrogen-bond acceptors (Lipinski definition) is 7. The lowest BCUT2D eigenvalue weighted by atomic mass is 10.2. The Labute approximate surface area is 147 Å². The molecule has 0 N–H and O–H groups in total. The van der Waals surface area contributed by atoms with Crippen LogP contribution in [0.15, 0.2) is 27.5 Å². The van der Waals surface area contributed by atoms with Crippen LogP contribution in [0.5, 0.6) is 5.75 Å². The summed E-state index contributed by atoms with van der Waals surface area (Å²) in [5.41, 5.74) is 0.800. The second kappa shape index (κ2) is 7.11. The van der Waals surface area contributed by atoms with Crippen LogP contribution in [0.2, 0.25) is 0 Å². The second-order valence-electron chi connectivity index (χ2n) is 6.03. The minimum Gasteiger partial charge on any atom is -0.496 e. The van der Waals surface area contributed by atoms with Gasteiger partial charge in [-0.05, 0) is 30.7 Å². The van der Waals surface area contributed by atoms with Gasteiger partial charge >= 0.3 is 0 Å². The standard InChI is InChI=1S/C16H22N4O4S/c1-12-10-14(4-5-15(12)23-3)25(21,22)20-8-6-19(7-9-20)11-16-18-17-13(2)24-16/h4-5,10H,6-9,11H2,1-3H3. The summed E-state index contributed by atoms with van der Waals surface area (Å²) in [6, 6.07) is 4.94. The quantitative estimate of drug-likeness (QED) is 0.785. The third-order valence-corrected chi connectivity index (χ3v) is 6.16. The van der Waals surface area contributed by atoms with Crippen LogP contribution in [0.25, 0.3) is 0 Å². The van der Waals surface area contributed by atoms with E-state index in [0.717, 1.165) is 5.56 Å². The van der Waals surface area contributed by atoms with Crippen LogP contribution in [-0.2, 0) is 16.6 Å². The minimum absolute atomic E-state index is 0.298. The fraction of sp³-hybridized carbons (Fsp3) is 0.500. The van der Waals surface area contributed by atoms with E-state index >= 15 is 0 Å². The lowest BCUT2D eigenvalue weighted by Gasteiger charge is -2.33. The van der Waals surface area contributed by atoms with Gasteiger partial charge in [-0.2, -0.15) is 4.31 Å². The molecule has 3 rings (SSSR count). The van der Waals surface area contributed by atoms with E-state index in [0.29, 0.717) is 55.2 Å². The van der Waals surface area contributed by atoms with E-state index < -0.39 is 10.0 Å². The maximum absolute atomic E-state index is 12.8. The summed E-state index contributed by atoms with van der Waals surface area (Å²) >= 11 is 0. The lowest BCUT2D eigenvalue weighted by molar-refractivity contribution is 0.167. The van der Waals surface area contributed by atoms with E-state index in [1.807, 2.05) is 6.92 Å². The van der Waals surface area contributed by atoms with Gasteiger partial charge in [0, 0.05) is 33.1 Å². The molecule has 0 aliphatic carbocycles. The van der Waals surface area contributed by atoms with Gasteiger partial charge in [0.25, 0.3) is 0 Å². The Balaban J connectivity index is 1.66. The number of methoxy groups -OCH3 is 1. The van der Waals surface area contributed by atoms with Crippen molar-refractivity contribution >= 4 is 10.0 Å². The van der Waals surface area contributed by atoms with Gasteiger partial charge in [-0.15, -0.1) is 10.2 Å².